The van der Waals surface area contributed by atoms with E-state index in [0.29, 0.717) is 30.8 Å². The summed E-state index contributed by atoms with van der Waals surface area (Å²) in [5.74, 6) is -0.771. The van der Waals surface area contributed by atoms with Gasteiger partial charge in [0.15, 0.2) is 0 Å². The zero-order valence-electron chi connectivity index (χ0n) is 10.7. The molecule has 0 aromatic heterocycles. The Labute approximate surface area is 111 Å². The van der Waals surface area contributed by atoms with Crippen molar-refractivity contribution in [3.8, 4) is 5.75 Å². The van der Waals surface area contributed by atoms with Crippen molar-refractivity contribution in [2.24, 2.45) is 0 Å². The van der Waals surface area contributed by atoms with E-state index in [9.17, 15) is 14.3 Å². The third kappa shape index (κ3) is 1.90. The van der Waals surface area contributed by atoms with Crippen molar-refractivity contribution in [1.29, 1.82) is 0 Å². The number of hydrogen-bond donors (Lipinski definition) is 1. The van der Waals surface area contributed by atoms with Gasteiger partial charge in [0.1, 0.15) is 11.6 Å². The maximum atomic E-state index is 14.3. The SMILES string of the molecule is O=C(O)C1(c2cc3c(cc2F)OCC3)CCCCC1. The highest BCUT2D eigenvalue weighted by atomic mass is 19.1. The summed E-state index contributed by atoms with van der Waals surface area (Å²) in [5.41, 5.74) is 0.242. The maximum Gasteiger partial charge on any atom is 0.314 e. The monoisotopic (exact) mass is 264 g/mol. The third-order valence-electron chi connectivity index (χ3n) is 4.41. The highest BCUT2D eigenvalue weighted by Gasteiger charge is 2.43. The van der Waals surface area contributed by atoms with Gasteiger partial charge in [-0.25, -0.2) is 4.39 Å². The van der Waals surface area contributed by atoms with Crippen LogP contribution in [0.4, 0.5) is 4.39 Å². The van der Waals surface area contributed by atoms with Crippen molar-refractivity contribution in [3.05, 3.63) is 29.1 Å². The van der Waals surface area contributed by atoms with E-state index in [1.807, 2.05) is 0 Å². The Morgan fingerprint density at radius 3 is 2.68 bits per heavy atom. The minimum atomic E-state index is -1.04. The summed E-state index contributed by atoms with van der Waals surface area (Å²) in [6, 6.07) is 3.08. The molecule has 1 aromatic carbocycles. The number of carboxylic acid groups (broad SMARTS) is 1. The van der Waals surface area contributed by atoms with Gasteiger partial charge in [0.05, 0.1) is 12.0 Å². The van der Waals surface area contributed by atoms with Gasteiger partial charge in [0.25, 0.3) is 0 Å². The zero-order valence-corrected chi connectivity index (χ0v) is 10.7. The molecule has 3 nitrogen and oxygen atoms in total. The molecule has 3 rings (SSSR count). The van der Waals surface area contributed by atoms with Crippen LogP contribution in [0.2, 0.25) is 0 Å². The molecule has 1 saturated carbocycles. The van der Waals surface area contributed by atoms with Crippen molar-refractivity contribution in [2.75, 3.05) is 6.61 Å². The van der Waals surface area contributed by atoms with Crippen molar-refractivity contribution >= 4 is 5.97 Å². The first-order valence-electron chi connectivity index (χ1n) is 6.82. The number of ether oxygens (including phenoxy) is 1. The molecule has 0 unspecified atom stereocenters. The van der Waals surface area contributed by atoms with Crippen LogP contribution >= 0.6 is 0 Å². The van der Waals surface area contributed by atoms with E-state index in [1.54, 1.807) is 6.07 Å². The quantitative estimate of drug-likeness (QED) is 0.893. The fourth-order valence-electron chi connectivity index (χ4n) is 3.32. The molecule has 2 aliphatic rings. The highest BCUT2D eigenvalue weighted by Crippen LogP contribution is 2.43. The Kier molecular flexibility index (Phi) is 2.96. The van der Waals surface area contributed by atoms with Crippen molar-refractivity contribution in [1.82, 2.24) is 0 Å². The Morgan fingerprint density at radius 2 is 2.00 bits per heavy atom. The molecule has 0 spiro atoms. The Balaban J connectivity index is 2.10. The van der Waals surface area contributed by atoms with E-state index in [2.05, 4.69) is 0 Å². The van der Waals surface area contributed by atoms with Crippen LogP contribution in [0.1, 0.15) is 43.2 Å². The lowest BCUT2D eigenvalue weighted by molar-refractivity contribution is -0.145. The molecule has 0 amide bonds. The lowest BCUT2D eigenvalue weighted by atomic mass is 9.69. The summed E-state index contributed by atoms with van der Waals surface area (Å²) in [5, 5.41) is 9.62. The topological polar surface area (TPSA) is 46.5 Å². The second-order valence-corrected chi connectivity index (χ2v) is 5.49. The predicted molar refractivity (Wildman–Crippen MR) is 68.0 cm³/mol. The molecule has 1 fully saturated rings. The van der Waals surface area contributed by atoms with E-state index in [4.69, 9.17) is 4.74 Å². The van der Waals surface area contributed by atoms with Crippen LogP contribution in [0, 0.1) is 5.82 Å². The summed E-state index contributed by atoms with van der Waals surface area (Å²) in [6.45, 7) is 0.554. The number of rotatable bonds is 2. The molecule has 1 aromatic rings. The minimum absolute atomic E-state index is 0.351. The highest BCUT2D eigenvalue weighted by molar-refractivity contribution is 5.82. The summed E-state index contributed by atoms with van der Waals surface area (Å²) in [6.07, 6.45) is 4.51. The molecule has 1 aliphatic heterocycles. The van der Waals surface area contributed by atoms with Gasteiger partial charge in [0.2, 0.25) is 0 Å². The first-order chi connectivity index (χ1) is 9.13. The summed E-state index contributed by atoms with van der Waals surface area (Å²) < 4.78 is 19.6. The van der Waals surface area contributed by atoms with Crippen LogP contribution in [0.15, 0.2) is 12.1 Å². The lowest BCUT2D eigenvalue weighted by Gasteiger charge is -2.34. The van der Waals surface area contributed by atoms with Gasteiger partial charge in [-0.1, -0.05) is 19.3 Å². The second-order valence-electron chi connectivity index (χ2n) is 5.49. The first kappa shape index (κ1) is 12.5. The third-order valence-corrected chi connectivity index (χ3v) is 4.41. The molecule has 1 aliphatic carbocycles. The van der Waals surface area contributed by atoms with Gasteiger partial charge in [-0.2, -0.15) is 0 Å². The van der Waals surface area contributed by atoms with E-state index >= 15 is 0 Å². The van der Waals surface area contributed by atoms with E-state index in [1.165, 1.54) is 6.07 Å². The fraction of sp³-hybridized carbons (Fsp3) is 0.533. The fourth-order valence-corrected chi connectivity index (χ4v) is 3.32. The standard InChI is InChI=1S/C15H17FO3/c16-12-9-13-10(4-7-19-13)8-11(12)15(14(17)18)5-2-1-3-6-15/h8-9H,1-7H2,(H,17,18). The Bertz CT molecular complexity index is 518. The molecule has 102 valence electrons. The predicted octanol–water partition coefficient (Wildman–Crippen LogP) is 3.05. The minimum Gasteiger partial charge on any atom is -0.493 e. The number of fused-ring (bicyclic) bond motifs is 1. The van der Waals surface area contributed by atoms with Gasteiger partial charge >= 0.3 is 5.97 Å². The van der Waals surface area contributed by atoms with Crippen LogP contribution in [0.3, 0.4) is 0 Å². The summed E-state index contributed by atoms with van der Waals surface area (Å²) >= 11 is 0. The van der Waals surface area contributed by atoms with Crippen LogP contribution in [0.5, 0.6) is 5.75 Å². The summed E-state index contributed by atoms with van der Waals surface area (Å²) in [4.78, 5) is 11.7. The number of hydrogen-bond acceptors (Lipinski definition) is 2. The van der Waals surface area contributed by atoms with Gasteiger partial charge in [-0.3, -0.25) is 4.79 Å². The number of carboxylic acids is 1. The van der Waals surface area contributed by atoms with Crippen LogP contribution in [0.25, 0.3) is 0 Å². The van der Waals surface area contributed by atoms with Gasteiger partial charge in [-0.15, -0.1) is 0 Å². The van der Waals surface area contributed by atoms with E-state index in [0.717, 1.165) is 31.2 Å². The molecule has 0 bridgehead atoms. The van der Waals surface area contributed by atoms with Crippen LogP contribution < -0.4 is 4.74 Å². The Hall–Kier alpha value is -1.58. The van der Waals surface area contributed by atoms with Gasteiger partial charge in [0, 0.05) is 18.1 Å². The molecule has 0 radical (unpaired) electrons. The van der Waals surface area contributed by atoms with Crippen LogP contribution in [-0.4, -0.2) is 17.7 Å². The summed E-state index contributed by atoms with van der Waals surface area (Å²) in [7, 11) is 0. The second kappa shape index (κ2) is 4.51. The number of halogens is 1. The van der Waals surface area contributed by atoms with E-state index < -0.39 is 17.2 Å². The molecular formula is C15H17FO3. The number of carbonyl (C=O) groups is 1. The largest absolute Gasteiger partial charge is 0.493 e. The molecule has 1 N–H and O–H groups in total. The van der Waals surface area contributed by atoms with E-state index in [-0.39, 0.29) is 0 Å². The molecular weight excluding hydrogens is 247 g/mol. The average molecular weight is 264 g/mol. The molecule has 1 heterocycles. The lowest BCUT2D eigenvalue weighted by Crippen LogP contribution is -2.38. The van der Waals surface area contributed by atoms with Crippen molar-refractivity contribution in [3.63, 3.8) is 0 Å². The molecule has 0 saturated heterocycles. The number of benzene rings is 1. The van der Waals surface area contributed by atoms with Gasteiger partial charge in [-0.05, 0) is 24.5 Å². The maximum absolute atomic E-state index is 14.3. The molecule has 4 heteroatoms. The van der Waals surface area contributed by atoms with Crippen molar-refractivity contribution in [2.45, 2.75) is 43.9 Å². The smallest absolute Gasteiger partial charge is 0.314 e. The Morgan fingerprint density at radius 1 is 1.26 bits per heavy atom. The molecule has 0 atom stereocenters. The zero-order chi connectivity index (χ0) is 13.5. The first-order valence-corrected chi connectivity index (χ1v) is 6.82. The molecule has 19 heavy (non-hydrogen) atoms. The number of aliphatic carboxylic acids is 1. The normalized spacial score (nSPS) is 20.7. The van der Waals surface area contributed by atoms with Crippen molar-refractivity contribution < 1.29 is 19.0 Å². The average Bonchev–Trinajstić information content (AvgIpc) is 2.85. The van der Waals surface area contributed by atoms with Crippen LogP contribution in [-0.2, 0) is 16.6 Å². The van der Waals surface area contributed by atoms with Gasteiger partial charge < -0.3 is 9.84 Å².